The van der Waals surface area contributed by atoms with Gasteiger partial charge >= 0.3 is 12.4 Å². The fourth-order valence-corrected chi connectivity index (χ4v) is 2.49. The van der Waals surface area contributed by atoms with Crippen LogP contribution in [-0.4, -0.2) is 37.6 Å². The number of fused-ring (bicyclic) bond motifs is 1. The molecule has 0 amide bonds. The predicted octanol–water partition coefficient (Wildman–Crippen LogP) is 3.71. The number of hydrogen-bond donors (Lipinski definition) is 1. The Morgan fingerprint density at radius 2 is 1.79 bits per heavy atom. The van der Waals surface area contributed by atoms with Gasteiger partial charge in [-0.3, -0.25) is 0 Å². The maximum atomic E-state index is 13.1. The first-order chi connectivity index (χ1) is 13.5. The van der Waals surface area contributed by atoms with Gasteiger partial charge in [-0.15, -0.1) is 15.3 Å². The fraction of sp³-hybridized carbons (Fsp3) is 0.375. The third-order valence-electron chi connectivity index (χ3n) is 4.02. The fourth-order valence-electron chi connectivity index (χ4n) is 2.49. The van der Waals surface area contributed by atoms with Crippen LogP contribution in [-0.2, 0) is 12.7 Å². The summed E-state index contributed by atoms with van der Waals surface area (Å²) in [5.41, 5.74) is 1.16. The second-order valence-corrected chi connectivity index (χ2v) is 6.08. The summed E-state index contributed by atoms with van der Waals surface area (Å²) in [6, 6.07) is 2.97. The summed E-state index contributed by atoms with van der Waals surface area (Å²) in [6.07, 6.45) is -8.03. The molecule has 0 aromatic carbocycles. The number of ether oxygens (including phenoxy) is 1. The van der Waals surface area contributed by atoms with Crippen molar-refractivity contribution in [2.75, 3.05) is 11.9 Å². The molecule has 0 atom stereocenters. The van der Waals surface area contributed by atoms with Crippen molar-refractivity contribution in [2.24, 2.45) is 0 Å². The van der Waals surface area contributed by atoms with E-state index in [1.165, 1.54) is 18.3 Å². The van der Waals surface area contributed by atoms with E-state index in [0.717, 1.165) is 0 Å². The molecule has 0 bridgehead atoms. The van der Waals surface area contributed by atoms with Crippen LogP contribution in [0.15, 0.2) is 18.3 Å². The van der Waals surface area contributed by atoms with Crippen LogP contribution < -0.4 is 10.1 Å². The normalized spacial score (nSPS) is 12.4. The van der Waals surface area contributed by atoms with Crippen molar-refractivity contribution in [1.29, 1.82) is 0 Å². The highest BCUT2D eigenvalue weighted by Crippen LogP contribution is 2.30. The van der Waals surface area contributed by atoms with E-state index in [2.05, 4.69) is 25.6 Å². The van der Waals surface area contributed by atoms with E-state index in [1.807, 2.05) is 0 Å². The zero-order valence-electron chi connectivity index (χ0n) is 15.1. The summed E-state index contributed by atoms with van der Waals surface area (Å²) in [7, 11) is 0. The predicted molar refractivity (Wildman–Crippen MR) is 88.4 cm³/mol. The van der Waals surface area contributed by atoms with Crippen LogP contribution in [0.4, 0.5) is 32.2 Å². The number of alkyl halides is 6. The van der Waals surface area contributed by atoms with Gasteiger partial charge in [-0.25, -0.2) is 4.98 Å². The zero-order valence-corrected chi connectivity index (χ0v) is 15.1. The monoisotopic (exact) mass is 420 g/mol. The molecular formula is C16H14F6N6O. The van der Waals surface area contributed by atoms with Crippen molar-refractivity contribution >= 4 is 11.5 Å². The SMILES string of the molecule is Cc1c(NCc2cccnc2OCC(F)(F)F)nn2c(C(F)(F)F)nnc2c1C. The lowest BCUT2D eigenvalue weighted by Gasteiger charge is -2.15. The molecule has 7 nitrogen and oxygen atoms in total. The number of rotatable bonds is 5. The molecule has 0 radical (unpaired) electrons. The Kier molecular flexibility index (Phi) is 5.24. The number of nitrogens with zero attached hydrogens (tertiary/aromatic N) is 5. The summed E-state index contributed by atoms with van der Waals surface area (Å²) in [4.78, 5) is 3.77. The Balaban J connectivity index is 1.89. The first kappa shape index (κ1) is 20.6. The zero-order chi connectivity index (χ0) is 21.4. The molecule has 0 aliphatic rings. The van der Waals surface area contributed by atoms with Gasteiger partial charge in [-0.05, 0) is 25.5 Å². The van der Waals surface area contributed by atoms with Crippen molar-refractivity contribution in [2.45, 2.75) is 32.7 Å². The number of nitrogens with one attached hydrogen (secondary N) is 1. The van der Waals surface area contributed by atoms with Crippen LogP contribution in [0.25, 0.3) is 5.65 Å². The van der Waals surface area contributed by atoms with Gasteiger partial charge in [0.25, 0.3) is 5.82 Å². The van der Waals surface area contributed by atoms with E-state index in [-0.39, 0.29) is 29.5 Å². The van der Waals surface area contributed by atoms with Crippen molar-refractivity contribution in [3.63, 3.8) is 0 Å². The summed E-state index contributed by atoms with van der Waals surface area (Å²) in [5.74, 6) is -1.44. The van der Waals surface area contributed by atoms with E-state index in [1.54, 1.807) is 13.8 Å². The molecule has 3 aromatic heterocycles. The first-order valence-corrected chi connectivity index (χ1v) is 8.14. The van der Waals surface area contributed by atoms with Gasteiger partial charge in [0, 0.05) is 23.9 Å². The average Bonchev–Trinajstić information content (AvgIpc) is 3.06. The summed E-state index contributed by atoms with van der Waals surface area (Å²) < 4.78 is 81.7. The highest BCUT2D eigenvalue weighted by atomic mass is 19.4. The first-order valence-electron chi connectivity index (χ1n) is 8.14. The van der Waals surface area contributed by atoms with Gasteiger partial charge in [-0.2, -0.15) is 30.9 Å². The number of aromatic nitrogens is 5. The van der Waals surface area contributed by atoms with Crippen LogP contribution in [0.1, 0.15) is 22.5 Å². The Hall–Kier alpha value is -3.12. The number of hydrogen-bond acceptors (Lipinski definition) is 6. The summed E-state index contributed by atoms with van der Waals surface area (Å²) in [5, 5.41) is 13.4. The van der Waals surface area contributed by atoms with Crippen LogP contribution in [0.3, 0.4) is 0 Å². The molecule has 0 aliphatic heterocycles. The van der Waals surface area contributed by atoms with Crippen LogP contribution in [0.5, 0.6) is 5.88 Å². The molecule has 0 unspecified atom stereocenters. The molecule has 13 heteroatoms. The third-order valence-corrected chi connectivity index (χ3v) is 4.02. The van der Waals surface area contributed by atoms with Crippen molar-refractivity contribution < 1.29 is 31.1 Å². The molecule has 1 N–H and O–H groups in total. The molecule has 3 rings (SSSR count). The van der Waals surface area contributed by atoms with Crippen LogP contribution >= 0.6 is 0 Å². The summed E-state index contributed by atoms with van der Waals surface area (Å²) in [6.45, 7) is 1.59. The van der Waals surface area contributed by atoms with Crippen molar-refractivity contribution in [1.82, 2.24) is 24.8 Å². The Labute approximate surface area is 159 Å². The molecule has 29 heavy (non-hydrogen) atoms. The number of anilines is 1. The van der Waals surface area contributed by atoms with Crippen LogP contribution in [0.2, 0.25) is 0 Å². The molecule has 3 heterocycles. The molecule has 0 fully saturated rings. The Morgan fingerprint density at radius 1 is 1.07 bits per heavy atom. The lowest BCUT2D eigenvalue weighted by atomic mass is 10.2. The smallest absolute Gasteiger partial charge is 0.453 e. The largest absolute Gasteiger partial charge is 0.468 e. The highest BCUT2D eigenvalue weighted by molar-refractivity contribution is 5.58. The Bertz CT molecular complexity index is 1030. The van der Waals surface area contributed by atoms with Gasteiger partial charge in [0.2, 0.25) is 5.88 Å². The van der Waals surface area contributed by atoms with Gasteiger partial charge in [0.1, 0.15) is 0 Å². The van der Waals surface area contributed by atoms with E-state index in [4.69, 9.17) is 4.74 Å². The van der Waals surface area contributed by atoms with Crippen molar-refractivity contribution in [3.8, 4) is 5.88 Å². The average molecular weight is 420 g/mol. The third kappa shape index (κ3) is 4.49. The lowest BCUT2D eigenvalue weighted by molar-refractivity contribution is -0.154. The van der Waals surface area contributed by atoms with E-state index in [9.17, 15) is 26.3 Å². The number of aryl methyl sites for hydroxylation is 1. The van der Waals surface area contributed by atoms with E-state index < -0.39 is 24.8 Å². The molecular weight excluding hydrogens is 406 g/mol. The van der Waals surface area contributed by atoms with Crippen LogP contribution in [0, 0.1) is 13.8 Å². The standard InChI is InChI=1S/C16H14F6N6O/c1-8-9(2)12-25-26-14(16(20,21)22)28(12)27-11(8)24-6-10-4-3-5-23-13(10)29-7-15(17,18)19/h3-5H,6-7H2,1-2H3,(H,24,27). The number of halogens is 6. The van der Waals surface area contributed by atoms with Gasteiger partial charge in [0.15, 0.2) is 18.1 Å². The maximum absolute atomic E-state index is 13.1. The lowest BCUT2D eigenvalue weighted by Crippen LogP contribution is -2.20. The van der Waals surface area contributed by atoms with Crippen molar-refractivity contribution in [3.05, 3.63) is 40.8 Å². The van der Waals surface area contributed by atoms with E-state index >= 15 is 0 Å². The molecule has 0 aliphatic carbocycles. The molecule has 0 saturated carbocycles. The highest BCUT2D eigenvalue weighted by Gasteiger charge is 2.38. The topological polar surface area (TPSA) is 77.2 Å². The minimum atomic E-state index is -4.76. The molecule has 156 valence electrons. The minimum absolute atomic E-state index is 0.0454. The molecule has 3 aromatic rings. The molecule has 0 spiro atoms. The van der Waals surface area contributed by atoms with Gasteiger partial charge in [-0.1, -0.05) is 6.07 Å². The Morgan fingerprint density at radius 3 is 2.45 bits per heavy atom. The molecule has 0 saturated heterocycles. The number of pyridine rings is 1. The van der Waals surface area contributed by atoms with Gasteiger partial charge < -0.3 is 10.1 Å². The van der Waals surface area contributed by atoms with E-state index in [0.29, 0.717) is 15.6 Å². The second-order valence-electron chi connectivity index (χ2n) is 6.08. The van der Waals surface area contributed by atoms with Gasteiger partial charge in [0.05, 0.1) is 0 Å². The quantitative estimate of drug-likeness (QED) is 0.635. The minimum Gasteiger partial charge on any atom is -0.468 e. The maximum Gasteiger partial charge on any atom is 0.453 e. The second kappa shape index (κ2) is 7.37. The summed E-state index contributed by atoms with van der Waals surface area (Å²) >= 11 is 0.